The topological polar surface area (TPSA) is 64.3 Å². The fraction of sp³-hybridized carbons (Fsp3) is 0.944. The Morgan fingerprint density at radius 2 is 1.91 bits per heavy atom. The van der Waals surface area contributed by atoms with Crippen LogP contribution in [0.5, 0.6) is 0 Å². The zero-order valence-electron chi connectivity index (χ0n) is 14.4. The Balaban J connectivity index is 1.79. The molecule has 22 heavy (non-hydrogen) atoms. The van der Waals surface area contributed by atoms with Crippen LogP contribution in [0.15, 0.2) is 0 Å². The number of carbonyl (C=O) groups is 1. The maximum absolute atomic E-state index is 11.9. The van der Waals surface area contributed by atoms with Crippen LogP contribution < -0.4 is 11.1 Å². The van der Waals surface area contributed by atoms with E-state index in [1.807, 2.05) is 0 Å². The second-order valence-corrected chi connectivity index (χ2v) is 7.50. The Kier molecular flexibility index (Phi) is 6.69. The zero-order chi connectivity index (χ0) is 16.0. The molecular weight excluding hydrogens is 276 g/mol. The lowest BCUT2D eigenvalue weighted by molar-refractivity contribution is -0.133. The summed E-state index contributed by atoms with van der Waals surface area (Å²) in [5.41, 5.74) is 5.29. The van der Waals surface area contributed by atoms with E-state index in [2.05, 4.69) is 19.2 Å². The summed E-state index contributed by atoms with van der Waals surface area (Å²) in [6.45, 7) is 6.58. The maximum atomic E-state index is 11.9. The Hall–Kier alpha value is -0.610. The van der Waals surface area contributed by atoms with Crippen molar-refractivity contribution in [2.24, 2.45) is 23.0 Å². The second-order valence-electron chi connectivity index (χ2n) is 7.50. The molecule has 0 aromatic rings. The molecule has 4 heteroatoms. The number of nitrogens with two attached hydrogens (primary N) is 1. The number of ether oxygens (including phenoxy) is 1. The van der Waals surface area contributed by atoms with Crippen LogP contribution in [0.1, 0.15) is 65.2 Å². The highest BCUT2D eigenvalue weighted by Gasteiger charge is 2.39. The lowest BCUT2D eigenvalue weighted by Gasteiger charge is -2.38. The van der Waals surface area contributed by atoms with E-state index < -0.39 is 5.41 Å². The minimum absolute atomic E-state index is 0.165. The molecule has 1 atom stereocenters. The Morgan fingerprint density at radius 1 is 1.27 bits per heavy atom. The van der Waals surface area contributed by atoms with Crippen molar-refractivity contribution in [3.8, 4) is 0 Å². The van der Waals surface area contributed by atoms with Gasteiger partial charge in [0.1, 0.15) is 0 Å². The first-order chi connectivity index (χ1) is 10.6. The SMILES string of the molecule is CCCC1CCC(C(C)NCC2(C(N)=O)CCOCC2)CC1. The first-order valence-electron chi connectivity index (χ1n) is 9.18. The van der Waals surface area contributed by atoms with Gasteiger partial charge in [0.2, 0.25) is 5.91 Å². The molecule has 1 unspecified atom stereocenters. The highest BCUT2D eigenvalue weighted by molar-refractivity contribution is 5.81. The van der Waals surface area contributed by atoms with Crippen molar-refractivity contribution in [3.05, 3.63) is 0 Å². The van der Waals surface area contributed by atoms with Crippen molar-refractivity contribution < 1.29 is 9.53 Å². The molecule has 0 bridgehead atoms. The van der Waals surface area contributed by atoms with E-state index in [0.29, 0.717) is 25.8 Å². The van der Waals surface area contributed by atoms with Crippen LogP contribution in [0.4, 0.5) is 0 Å². The molecule has 128 valence electrons. The average Bonchev–Trinajstić information content (AvgIpc) is 2.54. The molecule has 2 rings (SSSR count). The van der Waals surface area contributed by atoms with E-state index in [0.717, 1.165) is 24.7 Å². The molecule has 1 saturated carbocycles. The summed E-state index contributed by atoms with van der Waals surface area (Å²) >= 11 is 0. The summed E-state index contributed by atoms with van der Waals surface area (Å²) in [6.07, 6.45) is 9.61. The molecule has 3 N–H and O–H groups in total. The van der Waals surface area contributed by atoms with Crippen LogP contribution in [0.2, 0.25) is 0 Å². The van der Waals surface area contributed by atoms with E-state index in [4.69, 9.17) is 10.5 Å². The van der Waals surface area contributed by atoms with Gasteiger partial charge in [-0.2, -0.15) is 0 Å². The molecule has 1 amide bonds. The quantitative estimate of drug-likeness (QED) is 0.760. The molecule has 4 nitrogen and oxygen atoms in total. The van der Waals surface area contributed by atoms with Crippen LogP contribution >= 0.6 is 0 Å². The minimum atomic E-state index is -0.397. The van der Waals surface area contributed by atoms with Crippen molar-refractivity contribution >= 4 is 5.91 Å². The third-order valence-corrected chi connectivity index (χ3v) is 6.03. The number of hydrogen-bond donors (Lipinski definition) is 2. The molecule has 1 aliphatic carbocycles. The molecule has 0 aromatic heterocycles. The van der Waals surface area contributed by atoms with Crippen LogP contribution in [0.3, 0.4) is 0 Å². The monoisotopic (exact) mass is 310 g/mol. The maximum Gasteiger partial charge on any atom is 0.225 e. The molecule has 0 aromatic carbocycles. The van der Waals surface area contributed by atoms with E-state index in [9.17, 15) is 4.79 Å². The van der Waals surface area contributed by atoms with Gasteiger partial charge >= 0.3 is 0 Å². The average molecular weight is 310 g/mol. The predicted molar refractivity (Wildman–Crippen MR) is 89.5 cm³/mol. The molecule has 1 heterocycles. The van der Waals surface area contributed by atoms with Crippen molar-refractivity contribution in [1.29, 1.82) is 0 Å². The Bertz CT molecular complexity index is 345. The largest absolute Gasteiger partial charge is 0.381 e. The summed E-state index contributed by atoms with van der Waals surface area (Å²) < 4.78 is 5.40. The van der Waals surface area contributed by atoms with Gasteiger partial charge in [-0.3, -0.25) is 4.79 Å². The number of hydrogen-bond acceptors (Lipinski definition) is 3. The van der Waals surface area contributed by atoms with Gasteiger partial charge in [0.15, 0.2) is 0 Å². The molecule has 0 spiro atoms. The summed E-state index contributed by atoms with van der Waals surface area (Å²) in [5.74, 6) is 1.53. The smallest absolute Gasteiger partial charge is 0.225 e. The van der Waals surface area contributed by atoms with Crippen LogP contribution in [-0.4, -0.2) is 31.7 Å². The van der Waals surface area contributed by atoms with Gasteiger partial charge in [0, 0.05) is 25.8 Å². The Labute approximate surface area is 135 Å². The van der Waals surface area contributed by atoms with E-state index in [-0.39, 0.29) is 5.91 Å². The summed E-state index contributed by atoms with van der Waals surface area (Å²) in [4.78, 5) is 11.9. The van der Waals surface area contributed by atoms with Gasteiger partial charge in [-0.1, -0.05) is 32.6 Å². The van der Waals surface area contributed by atoms with Gasteiger partial charge in [-0.15, -0.1) is 0 Å². The van der Waals surface area contributed by atoms with Crippen molar-refractivity contribution in [2.45, 2.75) is 71.3 Å². The van der Waals surface area contributed by atoms with E-state index >= 15 is 0 Å². The summed E-state index contributed by atoms with van der Waals surface area (Å²) in [5, 5.41) is 3.63. The van der Waals surface area contributed by atoms with Gasteiger partial charge < -0.3 is 15.8 Å². The first kappa shape index (κ1) is 17.7. The molecule has 2 fully saturated rings. The standard InChI is InChI=1S/C18H34N2O2/c1-3-4-15-5-7-16(8-6-15)14(2)20-13-18(17(19)21)9-11-22-12-10-18/h14-16,20H,3-13H2,1-2H3,(H2,19,21). The number of amides is 1. The minimum Gasteiger partial charge on any atom is -0.381 e. The molecule has 2 aliphatic rings. The zero-order valence-corrected chi connectivity index (χ0v) is 14.4. The van der Waals surface area contributed by atoms with Crippen LogP contribution in [-0.2, 0) is 9.53 Å². The van der Waals surface area contributed by atoms with Crippen molar-refractivity contribution in [3.63, 3.8) is 0 Å². The lowest BCUT2D eigenvalue weighted by Crippen LogP contribution is -2.51. The lowest BCUT2D eigenvalue weighted by atomic mass is 9.76. The van der Waals surface area contributed by atoms with E-state index in [1.54, 1.807) is 0 Å². The van der Waals surface area contributed by atoms with Crippen LogP contribution in [0, 0.1) is 17.3 Å². The number of carbonyl (C=O) groups excluding carboxylic acids is 1. The van der Waals surface area contributed by atoms with Crippen LogP contribution in [0.25, 0.3) is 0 Å². The number of nitrogens with one attached hydrogen (secondary N) is 1. The van der Waals surface area contributed by atoms with Gasteiger partial charge in [0.05, 0.1) is 5.41 Å². The molecule has 1 saturated heterocycles. The normalized spacial score (nSPS) is 29.9. The second kappa shape index (κ2) is 8.30. The van der Waals surface area contributed by atoms with Crippen molar-refractivity contribution in [2.75, 3.05) is 19.8 Å². The number of rotatable bonds is 7. The van der Waals surface area contributed by atoms with Gasteiger partial charge in [-0.05, 0) is 44.4 Å². The molecule has 1 aliphatic heterocycles. The molecule has 0 radical (unpaired) electrons. The molecular formula is C18H34N2O2. The van der Waals surface area contributed by atoms with Gasteiger partial charge in [-0.25, -0.2) is 0 Å². The van der Waals surface area contributed by atoms with E-state index in [1.165, 1.54) is 38.5 Å². The fourth-order valence-corrected chi connectivity index (χ4v) is 4.18. The third kappa shape index (κ3) is 4.45. The fourth-order valence-electron chi connectivity index (χ4n) is 4.18. The predicted octanol–water partition coefficient (Wildman–Crippen LogP) is 2.85. The highest BCUT2D eigenvalue weighted by atomic mass is 16.5. The third-order valence-electron chi connectivity index (χ3n) is 6.03. The Morgan fingerprint density at radius 3 is 2.45 bits per heavy atom. The summed E-state index contributed by atoms with van der Waals surface area (Å²) in [7, 11) is 0. The van der Waals surface area contributed by atoms with Crippen molar-refractivity contribution in [1.82, 2.24) is 5.32 Å². The first-order valence-corrected chi connectivity index (χ1v) is 9.18. The number of primary amides is 1. The highest BCUT2D eigenvalue weighted by Crippen LogP contribution is 2.34. The summed E-state index contributed by atoms with van der Waals surface area (Å²) in [6, 6.07) is 0.474. The van der Waals surface area contributed by atoms with Gasteiger partial charge in [0.25, 0.3) is 0 Å².